The highest BCUT2D eigenvalue weighted by Crippen LogP contribution is 2.12. The minimum atomic E-state index is -3.87. The number of amides is 1. The Bertz CT molecular complexity index is 590. The van der Waals surface area contributed by atoms with E-state index in [0.717, 1.165) is 5.56 Å². The number of hydrogen-bond donors (Lipinski definition) is 2. The van der Waals surface area contributed by atoms with E-state index in [0.29, 0.717) is 6.42 Å². The molecule has 7 heteroatoms. The molecule has 1 aromatic carbocycles. The van der Waals surface area contributed by atoms with Gasteiger partial charge in [-0.15, -0.1) is 0 Å². The monoisotopic (exact) mass is 299 g/mol. The van der Waals surface area contributed by atoms with Crippen LogP contribution < -0.4 is 4.72 Å². The van der Waals surface area contributed by atoms with Crippen LogP contribution in [0.15, 0.2) is 29.2 Å². The van der Waals surface area contributed by atoms with E-state index in [1.165, 1.54) is 24.3 Å². The number of aryl methyl sites for hydroxylation is 1. The number of carbonyl (C=O) groups excluding carboxylic acids is 1. The highest BCUT2D eigenvalue weighted by atomic mass is 32.2. The van der Waals surface area contributed by atoms with E-state index in [2.05, 4.69) is 0 Å². The van der Waals surface area contributed by atoms with Crippen LogP contribution in [0, 0.1) is 5.92 Å². The molecule has 0 saturated carbocycles. The summed E-state index contributed by atoms with van der Waals surface area (Å²) >= 11 is 0. The van der Waals surface area contributed by atoms with Crippen molar-refractivity contribution in [1.82, 2.24) is 4.72 Å². The Balaban J connectivity index is 2.82. The topological polar surface area (TPSA) is 101 Å². The molecule has 0 aliphatic carbocycles. The zero-order valence-corrected chi connectivity index (χ0v) is 12.1. The van der Waals surface area contributed by atoms with Gasteiger partial charge >= 0.3 is 5.97 Å². The quantitative estimate of drug-likeness (QED) is 0.821. The van der Waals surface area contributed by atoms with E-state index in [4.69, 9.17) is 5.11 Å². The number of nitrogens with one attached hydrogen (secondary N) is 1. The summed E-state index contributed by atoms with van der Waals surface area (Å²) in [6.45, 7) is 3.19. The second kappa shape index (κ2) is 6.51. The zero-order chi connectivity index (χ0) is 15.3. The molecule has 0 atom stereocenters. The summed E-state index contributed by atoms with van der Waals surface area (Å²) in [5.74, 6) is -1.91. The van der Waals surface area contributed by atoms with Crippen molar-refractivity contribution in [2.75, 3.05) is 0 Å². The van der Waals surface area contributed by atoms with Crippen LogP contribution in [0.4, 0.5) is 0 Å². The maximum atomic E-state index is 11.9. The van der Waals surface area contributed by atoms with Crippen molar-refractivity contribution in [3.8, 4) is 0 Å². The van der Waals surface area contributed by atoms with Gasteiger partial charge in [-0.3, -0.25) is 9.59 Å². The van der Waals surface area contributed by atoms with Gasteiger partial charge in [0.1, 0.15) is 0 Å². The standard InChI is InChI=1S/C13H17NO5S/c1-9(2)13(17)14-20(18,19)11-6-3-10(4-7-11)5-8-12(15)16/h3-4,6-7,9H,5,8H2,1-2H3,(H,14,17)(H,15,16). The fourth-order valence-corrected chi connectivity index (χ4v) is 2.51. The first-order chi connectivity index (χ1) is 9.22. The lowest BCUT2D eigenvalue weighted by molar-refractivity contribution is -0.137. The maximum Gasteiger partial charge on any atom is 0.303 e. The molecule has 0 aliphatic heterocycles. The molecule has 0 fully saturated rings. The average Bonchev–Trinajstić information content (AvgIpc) is 2.36. The lowest BCUT2D eigenvalue weighted by atomic mass is 10.1. The molecule has 0 saturated heterocycles. The van der Waals surface area contributed by atoms with Crippen molar-refractivity contribution in [3.63, 3.8) is 0 Å². The van der Waals surface area contributed by atoms with E-state index >= 15 is 0 Å². The van der Waals surface area contributed by atoms with Gasteiger partial charge in [0.15, 0.2) is 0 Å². The molecule has 0 spiro atoms. The van der Waals surface area contributed by atoms with Crippen LogP contribution in [0.3, 0.4) is 0 Å². The summed E-state index contributed by atoms with van der Waals surface area (Å²) in [6, 6.07) is 5.79. The average molecular weight is 299 g/mol. The maximum absolute atomic E-state index is 11.9. The smallest absolute Gasteiger partial charge is 0.303 e. The third-order valence-electron chi connectivity index (χ3n) is 2.62. The Morgan fingerprint density at radius 2 is 1.75 bits per heavy atom. The predicted molar refractivity (Wildman–Crippen MR) is 72.6 cm³/mol. The van der Waals surface area contributed by atoms with E-state index in [-0.39, 0.29) is 11.3 Å². The van der Waals surface area contributed by atoms with Crippen LogP contribution in [0.2, 0.25) is 0 Å². The first kappa shape index (κ1) is 16.2. The molecule has 1 rings (SSSR count). The summed E-state index contributed by atoms with van der Waals surface area (Å²) in [7, 11) is -3.87. The van der Waals surface area contributed by atoms with Gasteiger partial charge in [0, 0.05) is 12.3 Å². The molecule has 1 aromatic rings. The first-order valence-corrected chi connectivity index (χ1v) is 7.58. The fraction of sp³-hybridized carbons (Fsp3) is 0.385. The lowest BCUT2D eigenvalue weighted by Gasteiger charge is -2.09. The summed E-state index contributed by atoms with van der Waals surface area (Å²) < 4.78 is 25.8. The largest absolute Gasteiger partial charge is 0.481 e. The number of carboxylic acids is 1. The van der Waals surface area contributed by atoms with Gasteiger partial charge in [-0.1, -0.05) is 26.0 Å². The number of aliphatic carboxylic acids is 1. The molecule has 0 aliphatic rings. The van der Waals surface area contributed by atoms with Gasteiger partial charge in [0.05, 0.1) is 4.90 Å². The molecule has 0 unspecified atom stereocenters. The van der Waals surface area contributed by atoms with E-state index < -0.39 is 27.8 Å². The zero-order valence-electron chi connectivity index (χ0n) is 11.3. The molecule has 0 aromatic heterocycles. The van der Waals surface area contributed by atoms with Gasteiger partial charge in [0.25, 0.3) is 10.0 Å². The van der Waals surface area contributed by atoms with E-state index in [1.54, 1.807) is 13.8 Å². The lowest BCUT2D eigenvalue weighted by Crippen LogP contribution is -2.33. The van der Waals surface area contributed by atoms with Gasteiger partial charge < -0.3 is 5.11 Å². The molecule has 0 heterocycles. The highest BCUT2D eigenvalue weighted by Gasteiger charge is 2.19. The van der Waals surface area contributed by atoms with Crippen LogP contribution in [0.25, 0.3) is 0 Å². The Kier molecular flexibility index (Phi) is 5.26. The van der Waals surface area contributed by atoms with Crippen molar-refractivity contribution in [2.24, 2.45) is 5.92 Å². The number of benzene rings is 1. The number of rotatable bonds is 6. The number of hydrogen-bond acceptors (Lipinski definition) is 4. The molecule has 6 nitrogen and oxygen atoms in total. The molecule has 0 radical (unpaired) electrons. The van der Waals surface area contributed by atoms with Gasteiger partial charge in [-0.05, 0) is 24.1 Å². The minimum absolute atomic E-state index is 0.0177. The Hall–Kier alpha value is -1.89. The van der Waals surface area contributed by atoms with Crippen molar-refractivity contribution >= 4 is 21.9 Å². The summed E-state index contributed by atoms with van der Waals surface area (Å²) in [5.41, 5.74) is 0.724. The molecule has 2 N–H and O–H groups in total. The molecule has 110 valence electrons. The number of carbonyl (C=O) groups is 2. The predicted octanol–water partition coefficient (Wildman–Crippen LogP) is 1.16. The summed E-state index contributed by atoms with van der Waals surface area (Å²) in [5, 5.41) is 8.57. The first-order valence-electron chi connectivity index (χ1n) is 6.10. The van der Waals surface area contributed by atoms with Crippen LogP contribution in [-0.4, -0.2) is 25.4 Å². The highest BCUT2D eigenvalue weighted by molar-refractivity contribution is 7.90. The third-order valence-corrected chi connectivity index (χ3v) is 3.98. The van der Waals surface area contributed by atoms with Crippen LogP contribution in [-0.2, 0) is 26.0 Å². The second-order valence-corrected chi connectivity index (χ2v) is 6.34. The van der Waals surface area contributed by atoms with Crippen LogP contribution >= 0.6 is 0 Å². The third kappa shape index (κ3) is 4.65. The van der Waals surface area contributed by atoms with Gasteiger partial charge in [-0.2, -0.15) is 0 Å². The molecular formula is C13H17NO5S. The summed E-state index contributed by atoms with van der Waals surface area (Å²) in [6.07, 6.45) is 0.310. The fourth-order valence-electron chi connectivity index (χ4n) is 1.40. The van der Waals surface area contributed by atoms with Crippen molar-refractivity contribution in [3.05, 3.63) is 29.8 Å². The van der Waals surface area contributed by atoms with E-state index in [9.17, 15) is 18.0 Å². The second-order valence-electron chi connectivity index (χ2n) is 4.66. The molecule has 20 heavy (non-hydrogen) atoms. The molecular weight excluding hydrogens is 282 g/mol. The normalized spacial score (nSPS) is 11.3. The Morgan fingerprint density at radius 3 is 2.20 bits per heavy atom. The van der Waals surface area contributed by atoms with Crippen molar-refractivity contribution < 1.29 is 23.1 Å². The van der Waals surface area contributed by atoms with Crippen LogP contribution in [0.1, 0.15) is 25.8 Å². The van der Waals surface area contributed by atoms with Crippen molar-refractivity contribution in [1.29, 1.82) is 0 Å². The minimum Gasteiger partial charge on any atom is -0.481 e. The Morgan fingerprint density at radius 1 is 1.20 bits per heavy atom. The SMILES string of the molecule is CC(C)C(=O)NS(=O)(=O)c1ccc(CCC(=O)O)cc1. The molecule has 0 bridgehead atoms. The summed E-state index contributed by atoms with van der Waals surface area (Å²) in [4.78, 5) is 21.8. The van der Waals surface area contributed by atoms with Gasteiger partial charge in [-0.25, -0.2) is 13.1 Å². The van der Waals surface area contributed by atoms with Gasteiger partial charge in [0.2, 0.25) is 5.91 Å². The number of sulfonamides is 1. The van der Waals surface area contributed by atoms with Crippen molar-refractivity contribution in [2.45, 2.75) is 31.6 Å². The van der Waals surface area contributed by atoms with Crippen LogP contribution in [0.5, 0.6) is 0 Å². The molecule has 1 amide bonds. The number of carboxylic acid groups (broad SMARTS) is 1. The Labute approximate surface area is 117 Å². The van der Waals surface area contributed by atoms with E-state index in [1.807, 2.05) is 4.72 Å².